The number of ether oxygens (including phenoxy) is 3. The summed E-state index contributed by atoms with van der Waals surface area (Å²) in [4.78, 5) is 16.7. The maximum atomic E-state index is 13.2. The monoisotopic (exact) mass is 551 g/mol. The second-order valence-electron chi connectivity index (χ2n) is 8.16. The summed E-state index contributed by atoms with van der Waals surface area (Å²) >= 11 is 0. The lowest BCUT2D eigenvalue weighted by atomic mass is 10.1. The number of benzene rings is 1. The first kappa shape index (κ1) is 29.6. The minimum absolute atomic E-state index is 0.00372. The molecule has 0 spiro atoms. The van der Waals surface area contributed by atoms with E-state index < -0.39 is 10.0 Å². The fourth-order valence-corrected chi connectivity index (χ4v) is 4.59. The van der Waals surface area contributed by atoms with E-state index in [4.69, 9.17) is 14.2 Å². The fourth-order valence-electron chi connectivity index (χ4n) is 3.41. The van der Waals surface area contributed by atoms with Crippen LogP contribution in [-0.4, -0.2) is 48.7 Å². The summed E-state index contributed by atoms with van der Waals surface area (Å²) in [5.74, 6) is 0.0914. The minimum Gasteiger partial charge on any atom is -0.478 e. The molecule has 206 valence electrons. The van der Waals surface area contributed by atoms with Crippen LogP contribution in [0.25, 0.3) is 11.3 Å². The number of sulfonamides is 1. The van der Waals surface area contributed by atoms with Gasteiger partial charge in [-0.2, -0.15) is 0 Å². The van der Waals surface area contributed by atoms with Gasteiger partial charge in [0.2, 0.25) is 5.82 Å². The van der Waals surface area contributed by atoms with Gasteiger partial charge in [-0.1, -0.05) is 30.3 Å². The van der Waals surface area contributed by atoms with Crippen molar-refractivity contribution in [2.45, 2.75) is 38.9 Å². The molecule has 3 aromatic heterocycles. The first-order valence-electron chi connectivity index (χ1n) is 12.4. The van der Waals surface area contributed by atoms with E-state index >= 15 is 0 Å². The fraction of sp³-hybridized carbons (Fsp3) is 0.286. The van der Waals surface area contributed by atoms with Gasteiger partial charge in [-0.15, -0.1) is 0 Å². The van der Waals surface area contributed by atoms with Crippen molar-refractivity contribution in [1.29, 1.82) is 0 Å². The van der Waals surface area contributed by atoms with Crippen molar-refractivity contribution >= 4 is 15.8 Å². The number of hydrogen-bond acceptors (Lipinski definition) is 9. The lowest BCUT2D eigenvalue weighted by molar-refractivity contribution is 0.107. The highest BCUT2D eigenvalue weighted by Gasteiger charge is 2.23. The van der Waals surface area contributed by atoms with Crippen molar-refractivity contribution in [3.63, 3.8) is 0 Å². The van der Waals surface area contributed by atoms with E-state index in [0.29, 0.717) is 30.2 Å². The van der Waals surface area contributed by atoms with Gasteiger partial charge in [0.1, 0.15) is 4.90 Å². The molecular weight excluding hydrogens is 518 g/mol. The zero-order valence-electron chi connectivity index (χ0n) is 22.5. The van der Waals surface area contributed by atoms with Crippen LogP contribution >= 0.6 is 0 Å². The summed E-state index contributed by atoms with van der Waals surface area (Å²) in [6.45, 7) is 8.27. The highest BCUT2D eigenvalue weighted by Crippen LogP contribution is 2.28. The van der Waals surface area contributed by atoms with E-state index in [9.17, 15) is 8.42 Å². The molecule has 0 aliphatic rings. The topological polar surface area (TPSA) is 125 Å². The first-order valence-corrected chi connectivity index (χ1v) is 13.8. The van der Waals surface area contributed by atoms with Crippen LogP contribution in [0.15, 0.2) is 78.2 Å². The van der Waals surface area contributed by atoms with Crippen LogP contribution in [-0.2, 0) is 32.7 Å². The van der Waals surface area contributed by atoms with Gasteiger partial charge < -0.3 is 14.2 Å². The minimum atomic E-state index is -4.02. The predicted molar refractivity (Wildman–Crippen MR) is 149 cm³/mol. The largest absolute Gasteiger partial charge is 0.478 e. The number of anilines is 1. The molecular formula is C28H33N5O5S. The smallest absolute Gasteiger partial charge is 0.265 e. The van der Waals surface area contributed by atoms with Gasteiger partial charge in [-0.05, 0) is 50.1 Å². The van der Waals surface area contributed by atoms with Crippen molar-refractivity contribution in [2.75, 3.05) is 25.0 Å². The van der Waals surface area contributed by atoms with E-state index in [1.807, 2.05) is 50.2 Å². The SMILES string of the molecule is CCOCC.COc1nc(C)cnc1NS(=O)(=O)c1cccnc1-c1ccc(COCc2cccnc2)cc1. The first-order chi connectivity index (χ1) is 18.9. The van der Waals surface area contributed by atoms with Gasteiger partial charge in [-0.3, -0.25) is 14.7 Å². The third-order valence-corrected chi connectivity index (χ3v) is 6.61. The number of rotatable bonds is 11. The Labute approximate surface area is 229 Å². The van der Waals surface area contributed by atoms with Crippen molar-refractivity contribution in [3.05, 3.63) is 90.1 Å². The van der Waals surface area contributed by atoms with Crippen LogP contribution in [0.1, 0.15) is 30.7 Å². The van der Waals surface area contributed by atoms with Crippen LogP contribution in [0.5, 0.6) is 5.88 Å². The Hall–Kier alpha value is -3.93. The van der Waals surface area contributed by atoms with Gasteiger partial charge >= 0.3 is 0 Å². The molecule has 4 rings (SSSR count). The zero-order valence-corrected chi connectivity index (χ0v) is 23.3. The van der Waals surface area contributed by atoms with E-state index in [1.54, 1.807) is 31.6 Å². The number of pyridine rings is 2. The number of hydrogen-bond donors (Lipinski definition) is 1. The van der Waals surface area contributed by atoms with E-state index in [1.165, 1.54) is 19.4 Å². The molecule has 0 saturated carbocycles. The summed E-state index contributed by atoms with van der Waals surface area (Å²) in [5.41, 5.74) is 3.51. The molecule has 3 heterocycles. The normalized spacial score (nSPS) is 10.9. The maximum Gasteiger partial charge on any atom is 0.265 e. The Kier molecular flexibility index (Phi) is 11.3. The molecule has 0 bridgehead atoms. The molecule has 1 aromatic carbocycles. The summed E-state index contributed by atoms with van der Waals surface area (Å²) < 4.78 is 44.6. The maximum absolute atomic E-state index is 13.2. The molecule has 0 unspecified atom stereocenters. The third-order valence-electron chi connectivity index (χ3n) is 5.24. The highest BCUT2D eigenvalue weighted by molar-refractivity contribution is 7.92. The Bertz CT molecular complexity index is 1420. The van der Waals surface area contributed by atoms with Crippen molar-refractivity contribution in [3.8, 4) is 17.1 Å². The van der Waals surface area contributed by atoms with Gasteiger partial charge in [0.15, 0.2) is 0 Å². The third kappa shape index (κ3) is 8.81. The van der Waals surface area contributed by atoms with E-state index in [0.717, 1.165) is 24.3 Å². The van der Waals surface area contributed by atoms with Gasteiger partial charge in [-0.25, -0.2) is 18.4 Å². The quantitative estimate of drug-likeness (QED) is 0.279. The predicted octanol–water partition coefficient (Wildman–Crippen LogP) is 4.81. The Morgan fingerprint density at radius 2 is 1.56 bits per heavy atom. The summed E-state index contributed by atoms with van der Waals surface area (Å²) in [6, 6.07) is 14.3. The van der Waals surface area contributed by atoms with Gasteiger partial charge in [0.05, 0.1) is 37.9 Å². The molecule has 0 fully saturated rings. The number of aryl methyl sites for hydroxylation is 1. The molecule has 4 aromatic rings. The van der Waals surface area contributed by atoms with Crippen molar-refractivity contribution < 1.29 is 22.6 Å². The van der Waals surface area contributed by atoms with Crippen LogP contribution in [0.3, 0.4) is 0 Å². The second-order valence-corrected chi connectivity index (χ2v) is 9.81. The van der Waals surface area contributed by atoms with Crippen molar-refractivity contribution in [2.24, 2.45) is 0 Å². The van der Waals surface area contributed by atoms with Gasteiger partial charge in [0, 0.05) is 37.4 Å². The van der Waals surface area contributed by atoms with Crippen LogP contribution in [0.4, 0.5) is 5.82 Å². The molecule has 0 radical (unpaired) electrons. The molecule has 39 heavy (non-hydrogen) atoms. The van der Waals surface area contributed by atoms with E-state index in [2.05, 4.69) is 24.7 Å². The summed E-state index contributed by atoms with van der Waals surface area (Å²) in [5, 5.41) is 0. The Morgan fingerprint density at radius 1 is 0.846 bits per heavy atom. The number of nitrogens with zero attached hydrogens (tertiary/aromatic N) is 4. The Morgan fingerprint density at radius 3 is 2.21 bits per heavy atom. The summed E-state index contributed by atoms with van der Waals surface area (Å²) in [6.07, 6.45) is 6.48. The molecule has 11 heteroatoms. The molecule has 1 N–H and O–H groups in total. The lowest BCUT2D eigenvalue weighted by Crippen LogP contribution is -2.16. The molecule has 0 atom stereocenters. The average Bonchev–Trinajstić information content (AvgIpc) is 2.96. The summed E-state index contributed by atoms with van der Waals surface area (Å²) in [7, 11) is -2.62. The van der Waals surface area contributed by atoms with Crippen LogP contribution in [0, 0.1) is 6.92 Å². The van der Waals surface area contributed by atoms with Gasteiger partial charge in [0.25, 0.3) is 15.9 Å². The molecule has 0 saturated heterocycles. The van der Waals surface area contributed by atoms with Crippen LogP contribution in [0.2, 0.25) is 0 Å². The molecule has 10 nitrogen and oxygen atoms in total. The average molecular weight is 552 g/mol. The molecule has 0 aliphatic carbocycles. The number of nitrogens with one attached hydrogen (secondary N) is 1. The van der Waals surface area contributed by atoms with E-state index in [-0.39, 0.29) is 16.6 Å². The zero-order chi connectivity index (χ0) is 28.1. The number of aromatic nitrogens is 4. The standard InChI is InChI=1S/C24H23N5O4S.C4H10O/c1-17-13-27-23(24(28-17)32-2)29-34(30,31)21-6-4-12-26-22(21)20-9-7-18(8-10-20)15-33-16-19-5-3-11-25-14-19;1-3-5-4-2/h3-14H,15-16H2,1-2H3,(H,27,29);3-4H2,1-2H3. The molecule has 0 amide bonds. The van der Waals surface area contributed by atoms with Crippen molar-refractivity contribution in [1.82, 2.24) is 19.9 Å². The lowest BCUT2D eigenvalue weighted by Gasteiger charge is -2.13. The second kappa shape index (κ2) is 14.9. The molecule has 0 aliphatic heterocycles. The highest BCUT2D eigenvalue weighted by atomic mass is 32.2. The van der Waals surface area contributed by atoms with Crippen LogP contribution < -0.4 is 9.46 Å². The number of methoxy groups -OCH3 is 1. The Balaban J connectivity index is 0.000000771.